The van der Waals surface area contributed by atoms with E-state index in [0.29, 0.717) is 5.69 Å². The van der Waals surface area contributed by atoms with Gasteiger partial charge in [-0.1, -0.05) is 17.4 Å². The number of carbonyl (C=O) groups excluding carboxylic acids is 1. The Morgan fingerprint density at radius 2 is 2.11 bits per heavy atom. The molecule has 0 atom stereocenters. The van der Waals surface area contributed by atoms with Crippen molar-refractivity contribution in [2.75, 3.05) is 5.32 Å². The first kappa shape index (κ1) is 12.5. The predicted octanol–water partition coefficient (Wildman–Crippen LogP) is 2.14. The molecule has 2 N–H and O–H groups in total. The van der Waals surface area contributed by atoms with Crippen LogP contribution in [-0.4, -0.2) is 27.2 Å². The highest BCUT2D eigenvalue weighted by molar-refractivity contribution is 7.17. The molecule has 1 aromatic carbocycles. The van der Waals surface area contributed by atoms with Gasteiger partial charge in [-0.15, -0.1) is 10.2 Å². The van der Waals surface area contributed by atoms with Crippen molar-refractivity contribution in [2.24, 2.45) is 0 Å². The van der Waals surface area contributed by atoms with Crippen LogP contribution in [0.25, 0.3) is 0 Å². The minimum Gasteiger partial charge on any atom is -0.478 e. The zero-order valence-electron chi connectivity index (χ0n) is 8.75. The lowest BCUT2D eigenvalue weighted by Gasteiger charge is -2.03. The Morgan fingerprint density at radius 3 is 2.72 bits per heavy atom. The fraction of sp³-hybridized carbons (Fsp3) is 0. The summed E-state index contributed by atoms with van der Waals surface area (Å²) < 4.78 is 0.166. The molecule has 0 fully saturated rings. The van der Waals surface area contributed by atoms with Crippen molar-refractivity contribution in [3.05, 3.63) is 39.3 Å². The molecule has 6 nitrogen and oxygen atoms in total. The van der Waals surface area contributed by atoms with Crippen molar-refractivity contribution in [3.8, 4) is 0 Å². The van der Waals surface area contributed by atoms with Gasteiger partial charge in [0.05, 0.1) is 5.56 Å². The summed E-state index contributed by atoms with van der Waals surface area (Å²) in [5.74, 6) is -1.55. The van der Waals surface area contributed by atoms with Gasteiger partial charge in [0.15, 0.2) is 0 Å². The molecule has 1 aromatic heterocycles. The Morgan fingerprint density at radius 1 is 1.33 bits per heavy atom. The number of hydrogen-bond acceptors (Lipinski definition) is 5. The number of aromatic carboxylic acids is 1. The van der Waals surface area contributed by atoms with E-state index in [-0.39, 0.29) is 15.0 Å². The van der Waals surface area contributed by atoms with E-state index in [4.69, 9.17) is 16.7 Å². The molecule has 0 radical (unpaired) electrons. The van der Waals surface area contributed by atoms with Crippen LogP contribution in [0, 0.1) is 0 Å². The lowest BCUT2D eigenvalue weighted by molar-refractivity contribution is 0.0696. The Hall–Kier alpha value is -1.99. The number of hydrogen-bond donors (Lipinski definition) is 2. The molecule has 0 saturated carbocycles. The molecule has 0 aliphatic rings. The maximum atomic E-state index is 11.7. The van der Waals surface area contributed by atoms with Gasteiger partial charge in [0.25, 0.3) is 5.91 Å². The van der Waals surface area contributed by atoms with Crippen molar-refractivity contribution in [3.63, 3.8) is 0 Å². The highest BCUT2D eigenvalue weighted by Gasteiger charge is 2.12. The molecule has 1 amide bonds. The number of carboxylic acids is 1. The molecule has 0 spiro atoms. The second-order valence-electron chi connectivity index (χ2n) is 3.20. The second-order valence-corrected chi connectivity index (χ2v) is 4.76. The summed E-state index contributed by atoms with van der Waals surface area (Å²) in [7, 11) is 0. The van der Waals surface area contributed by atoms with Crippen LogP contribution in [0.15, 0.2) is 24.3 Å². The molecule has 0 bridgehead atoms. The Balaban J connectivity index is 2.16. The van der Waals surface area contributed by atoms with Crippen LogP contribution in [0.2, 0.25) is 4.47 Å². The molecular formula is C10H6ClN3O3S. The fourth-order valence-corrected chi connectivity index (χ4v) is 1.94. The smallest absolute Gasteiger partial charge is 0.335 e. The minimum absolute atomic E-state index is 0.0862. The lowest BCUT2D eigenvalue weighted by Crippen LogP contribution is -2.12. The average molecular weight is 284 g/mol. The Kier molecular flexibility index (Phi) is 3.54. The first-order valence-electron chi connectivity index (χ1n) is 4.70. The summed E-state index contributed by atoms with van der Waals surface area (Å²) in [6.45, 7) is 0. The van der Waals surface area contributed by atoms with Crippen LogP contribution in [0.3, 0.4) is 0 Å². The van der Waals surface area contributed by atoms with Gasteiger partial charge in [-0.05, 0) is 29.8 Å². The summed E-state index contributed by atoms with van der Waals surface area (Å²) in [6.07, 6.45) is 0. The molecule has 0 unspecified atom stereocenters. The molecule has 92 valence electrons. The molecular weight excluding hydrogens is 278 g/mol. The van der Waals surface area contributed by atoms with Gasteiger partial charge >= 0.3 is 5.97 Å². The van der Waals surface area contributed by atoms with E-state index in [2.05, 4.69) is 15.5 Å². The average Bonchev–Trinajstić information content (AvgIpc) is 2.76. The Labute approximate surface area is 110 Å². The number of carboxylic acid groups (broad SMARTS) is 1. The topological polar surface area (TPSA) is 92.2 Å². The number of aromatic nitrogens is 2. The van der Waals surface area contributed by atoms with Crippen molar-refractivity contribution in [1.82, 2.24) is 10.2 Å². The van der Waals surface area contributed by atoms with Crippen LogP contribution < -0.4 is 5.32 Å². The van der Waals surface area contributed by atoms with E-state index in [0.717, 1.165) is 11.3 Å². The van der Waals surface area contributed by atoms with E-state index in [1.807, 2.05) is 0 Å². The van der Waals surface area contributed by atoms with Crippen molar-refractivity contribution < 1.29 is 14.7 Å². The maximum absolute atomic E-state index is 11.7. The van der Waals surface area contributed by atoms with E-state index in [1.54, 1.807) is 6.07 Å². The summed E-state index contributed by atoms with van der Waals surface area (Å²) in [4.78, 5) is 22.5. The maximum Gasteiger partial charge on any atom is 0.335 e. The molecule has 8 heteroatoms. The molecule has 2 rings (SSSR count). The first-order valence-corrected chi connectivity index (χ1v) is 5.89. The second kappa shape index (κ2) is 5.11. The van der Waals surface area contributed by atoms with Crippen LogP contribution >= 0.6 is 22.9 Å². The zero-order valence-corrected chi connectivity index (χ0v) is 10.3. The van der Waals surface area contributed by atoms with Gasteiger partial charge in [-0.3, -0.25) is 4.79 Å². The van der Waals surface area contributed by atoms with Crippen molar-refractivity contribution >= 4 is 40.5 Å². The van der Waals surface area contributed by atoms with Crippen LogP contribution in [-0.2, 0) is 0 Å². The molecule has 18 heavy (non-hydrogen) atoms. The summed E-state index contributed by atoms with van der Waals surface area (Å²) in [6, 6.07) is 5.89. The van der Waals surface area contributed by atoms with Crippen LogP contribution in [0.1, 0.15) is 20.2 Å². The fourth-order valence-electron chi connectivity index (χ4n) is 1.21. The van der Waals surface area contributed by atoms with E-state index >= 15 is 0 Å². The third kappa shape index (κ3) is 2.82. The number of amides is 1. The summed E-state index contributed by atoms with van der Waals surface area (Å²) in [5, 5.41) is 18.5. The number of halogens is 1. The molecule has 2 aromatic rings. The van der Waals surface area contributed by atoms with Gasteiger partial charge < -0.3 is 10.4 Å². The number of benzene rings is 1. The third-order valence-electron chi connectivity index (χ3n) is 1.96. The highest BCUT2D eigenvalue weighted by atomic mass is 35.5. The summed E-state index contributed by atoms with van der Waals surface area (Å²) >= 11 is 6.50. The van der Waals surface area contributed by atoms with Gasteiger partial charge in [-0.25, -0.2) is 4.79 Å². The quantitative estimate of drug-likeness (QED) is 0.900. The largest absolute Gasteiger partial charge is 0.478 e. The van der Waals surface area contributed by atoms with Gasteiger partial charge in [-0.2, -0.15) is 0 Å². The third-order valence-corrected chi connectivity index (χ3v) is 2.98. The highest BCUT2D eigenvalue weighted by Crippen LogP contribution is 2.17. The van der Waals surface area contributed by atoms with Crippen LogP contribution in [0.4, 0.5) is 5.69 Å². The SMILES string of the molecule is O=C(O)c1cccc(NC(=O)c2nnc(Cl)s2)c1. The minimum atomic E-state index is -1.06. The zero-order chi connectivity index (χ0) is 13.1. The van der Waals surface area contributed by atoms with Crippen molar-refractivity contribution in [1.29, 1.82) is 0 Å². The molecule has 0 aliphatic carbocycles. The lowest BCUT2D eigenvalue weighted by atomic mass is 10.2. The van der Waals surface area contributed by atoms with Gasteiger partial charge in [0.2, 0.25) is 9.47 Å². The van der Waals surface area contributed by atoms with Gasteiger partial charge in [0.1, 0.15) is 0 Å². The Bertz CT molecular complexity index is 614. The number of nitrogens with one attached hydrogen (secondary N) is 1. The normalized spacial score (nSPS) is 10.1. The van der Waals surface area contributed by atoms with E-state index in [9.17, 15) is 9.59 Å². The number of nitrogens with zero attached hydrogens (tertiary/aromatic N) is 2. The molecule has 0 aliphatic heterocycles. The number of rotatable bonds is 3. The monoisotopic (exact) mass is 283 g/mol. The number of carbonyl (C=O) groups is 2. The van der Waals surface area contributed by atoms with Crippen LogP contribution in [0.5, 0.6) is 0 Å². The standard InChI is InChI=1S/C10H6ClN3O3S/c11-10-14-13-8(18-10)7(15)12-6-3-1-2-5(4-6)9(16)17/h1-4H,(H,12,15)(H,16,17). The van der Waals surface area contributed by atoms with Crippen molar-refractivity contribution in [2.45, 2.75) is 0 Å². The summed E-state index contributed by atoms with van der Waals surface area (Å²) in [5.41, 5.74) is 0.453. The predicted molar refractivity (Wildman–Crippen MR) is 66.3 cm³/mol. The first-order chi connectivity index (χ1) is 8.56. The van der Waals surface area contributed by atoms with Gasteiger partial charge in [0, 0.05) is 5.69 Å². The molecule has 0 saturated heterocycles. The number of anilines is 1. The van der Waals surface area contributed by atoms with E-state index < -0.39 is 11.9 Å². The molecule has 1 heterocycles. The van der Waals surface area contributed by atoms with E-state index in [1.165, 1.54) is 18.2 Å².